The van der Waals surface area contributed by atoms with Crippen molar-refractivity contribution in [2.24, 2.45) is 7.05 Å². The second kappa shape index (κ2) is 5.55. The fourth-order valence-corrected chi connectivity index (χ4v) is 1.71. The van der Waals surface area contributed by atoms with E-state index in [4.69, 9.17) is 5.11 Å². The molecule has 0 aliphatic heterocycles. The van der Waals surface area contributed by atoms with Gasteiger partial charge in [0.1, 0.15) is 12.4 Å². The van der Waals surface area contributed by atoms with Gasteiger partial charge in [0.25, 0.3) is 0 Å². The zero-order valence-electron chi connectivity index (χ0n) is 10.4. The lowest BCUT2D eigenvalue weighted by Gasteiger charge is -2.04. The predicted octanol–water partition coefficient (Wildman–Crippen LogP) is 0.718. The summed E-state index contributed by atoms with van der Waals surface area (Å²) in [7, 11) is 1.64. The third kappa shape index (κ3) is 2.92. The Morgan fingerprint density at radius 2 is 2.16 bits per heavy atom. The number of aromatic nitrogens is 2. The van der Waals surface area contributed by atoms with Crippen LogP contribution in [0.3, 0.4) is 0 Å². The van der Waals surface area contributed by atoms with Crippen LogP contribution in [0.15, 0.2) is 35.4 Å². The summed E-state index contributed by atoms with van der Waals surface area (Å²) in [6.45, 7) is -0.0814. The summed E-state index contributed by atoms with van der Waals surface area (Å²) in [5.74, 6) is 4.67. The van der Waals surface area contributed by atoms with Gasteiger partial charge in [0.2, 0.25) is 0 Å². The van der Waals surface area contributed by atoms with E-state index in [1.165, 1.54) is 15.2 Å². The number of aryl methyl sites for hydroxylation is 1. The predicted molar refractivity (Wildman–Crippen MR) is 69.1 cm³/mol. The van der Waals surface area contributed by atoms with Crippen LogP contribution in [0.25, 0.3) is 0 Å². The van der Waals surface area contributed by atoms with Crippen molar-refractivity contribution in [2.75, 3.05) is 6.61 Å². The molecule has 1 N–H and O–H groups in total. The third-order valence-electron chi connectivity index (χ3n) is 2.72. The Hall–Kier alpha value is -2.32. The van der Waals surface area contributed by atoms with Gasteiger partial charge < -0.3 is 9.67 Å². The summed E-state index contributed by atoms with van der Waals surface area (Å²) in [5.41, 5.74) is 0.724. The monoisotopic (exact) mass is 260 g/mol. The molecule has 4 nitrogen and oxygen atoms in total. The Labute approximate surface area is 109 Å². The van der Waals surface area contributed by atoms with Crippen LogP contribution in [0.1, 0.15) is 11.1 Å². The SMILES string of the molecule is Cn1ccn(Cc2ccc(C#CCO)cc2F)c1=O. The first-order chi connectivity index (χ1) is 9.11. The lowest BCUT2D eigenvalue weighted by molar-refractivity contribution is 0.350. The van der Waals surface area contributed by atoms with Gasteiger partial charge in [-0.2, -0.15) is 0 Å². The van der Waals surface area contributed by atoms with Crippen molar-refractivity contribution in [2.45, 2.75) is 6.54 Å². The van der Waals surface area contributed by atoms with E-state index in [9.17, 15) is 9.18 Å². The molecule has 2 rings (SSSR count). The third-order valence-corrected chi connectivity index (χ3v) is 2.72. The van der Waals surface area contributed by atoms with E-state index in [0.29, 0.717) is 11.1 Å². The van der Waals surface area contributed by atoms with Gasteiger partial charge in [-0.3, -0.25) is 4.57 Å². The Kier molecular flexibility index (Phi) is 3.83. The van der Waals surface area contributed by atoms with Crippen LogP contribution >= 0.6 is 0 Å². The van der Waals surface area contributed by atoms with E-state index in [2.05, 4.69) is 11.8 Å². The van der Waals surface area contributed by atoms with E-state index in [0.717, 1.165) is 0 Å². The fraction of sp³-hybridized carbons (Fsp3) is 0.214. The summed E-state index contributed by atoms with van der Waals surface area (Å²) >= 11 is 0. The van der Waals surface area contributed by atoms with Gasteiger partial charge in [-0.05, 0) is 12.1 Å². The first kappa shape index (κ1) is 13.1. The van der Waals surface area contributed by atoms with Crippen molar-refractivity contribution < 1.29 is 9.50 Å². The Morgan fingerprint density at radius 1 is 1.37 bits per heavy atom. The van der Waals surface area contributed by atoms with Crippen LogP contribution < -0.4 is 5.69 Å². The molecule has 1 aromatic heterocycles. The molecule has 0 unspecified atom stereocenters. The van der Waals surface area contributed by atoms with Crippen molar-refractivity contribution in [1.29, 1.82) is 0 Å². The van der Waals surface area contributed by atoms with Crippen molar-refractivity contribution >= 4 is 0 Å². The van der Waals surface area contributed by atoms with E-state index < -0.39 is 5.82 Å². The lowest BCUT2D eigenvalue weighted by Crippen LogP contribution is -2.22. The molecule has 1 heterocycles. The van der Waals surface area contributed by atoms with Gasteiger partial charge in [-0.1, -0.05) is 17.9 Å². The molecule has 0 aliphatic carbocycles. The molecule has 0 spiro atoms. The molecular weight excluding hydrogens is 247 g/mol. The first-order valence-corrected chi connectivity index (χ1v) is 5.71. The number of aliphatic hydroxyl groups excluding tert-OH is 1. The quantitative estimate of drug-likeness (QED) is 0.809. The van der Waals surface area contributed by atoms with Crippen molar-refractivity contribution in [1.82, 2.24) is 9.13 Å². The average Bonchev–Trinajstić information content (AvgIpc) is 2.71. The molecule has 0 saturated carbocycles. The van der Waals surface area contributed by atoms with Crippen LogP contribution in [-0.2, 0) is 13.6 Å². The normalized spacial score (nSPS) is 10.1. The summed E-state index contributed by atoms with van der Waals surface area (Å²) in [6, 6.07) is 4.55. The number of benzene rings is 1. The maximum Gasteiger partial charge on any atom is 0.328 e. The average molecular weight is 260 g/mol. The van der Waals surface area contributed by atoms with Crippen molar-refractivity contribution in [3.63, 3.8) is 0 Å². The minimum Gasteiger partial charge on any atom is -0.384 e. The maximum absolute atomic E-state index is 13.8. The summed E-state index contributed by atoms with van der Waals surface area (Å²) < 4.78 is 16.7. The fourth-order valence-electron chi connectivity index (χ4n) is 1.71. The number of rotatable bonds is 2. The van der Waals surface area contributed by atoms with E-state index in [-0.39, 0.29) is 18.8 Å². The molecule has 98 valence electrons. The van der Waals surface area contributed by atoms with Gasteiger partial charge in [0, 0.05) is 30.6 Å². The highest BCUT2D eigenvalue weighted by Crippen LogP contribution is 2.11. The second-order valence-corrected chi connectivity index (χ2v) is 4.09. The van der Waals surface area contributed by atoms with Crippen molar-refractivity contribution in [3.05, 3.63) is 58.0 Å². The van der Waals surface area contributed by atoms with E-state index in [1.54, 1.807) is 31.6 Å². The molecule has 5 heteroatoms. The standard InChI is InChI=1S/C14H13FN2O2/c1-16-6-7-17(14(16)19)10-12-5-4-11(3-2-8-18)9-13(12)15/h4-7,9,18H,8,10H2,1H3. The van der Waals surface area contributed by atoms with E-state index >= 15 is 0 Å². The number of halogens is 1. The Balaban J connectivity index is 2.27. The highest BCUT2D eigenvalue weighted by atomic mass is 19.1. The number of nitrogens with zero attached hydrogens (tertiary/aromatic N) is 2. The molecule has 0 atom stereocenters. The molecule has 0 amide bonds. The molecule has 1 aromatic carbocycles. The molecule has 0 fully saturated rings. The Bertz CT molecular complexity index is 704. The smallest absolute Gasteiger partial charge is 0.328 e. The maximum atomic E-state index is 13.8. The van der Waals surface area contributed by atoms with Gasteiger partial charge >= 0.3 is 5.69 Å². The largest absolute Gasteiger partial charge is 0.384 e. The zero-order valence-corrected chi connectivity index (χ0v) is 10.4. The van der Waals surface area contributed by atoms with Gasteiger partial charge in [0.05, 0.1) is 6.54 Å². The van der Waals surface area contributed by atoms with Crippen molar-refractivity contribution in [3.8, 4) is 11.8 Å². The van der Waals surface area contributed by atoms with Crippen LogP contribution in [0.2, 0.25) is 0 Å². The molecule has 0 bridgehead atoms. The second-order valence-electron chi connectivity index (χ2n) is 4.09. The molecule has 0 aliphatic rings. The summed E-state index contributed by atoms with van der Waals surface area (Å²) in [5, 5.41) is 8.57. The molecule has 0 saturated heterocycles. The minimum atomic E-state index is -0.416. The molecule has 19 heavy (non-hydrogen) atoms. The number of imidazole rings is 1. The zero-order chi connectivity index (χ0) is 13.8. The Morgan fingerprint density at radius 3 is 2.74 bits per heavy atom. The summed E-state index contributed by atoms with van der Waals surface area (Å²) in [4.78, 5) is 11.6. The highest BCUT2D eigenvalue weighted by Gasteiger charge is 2.06. The molecule has 2 aromatic rings. The number of aliphatic hydroxyl groups is 1. The summed E-state index contributed by atoms with van der Waals surface area (Å²) in [6.07, 6.45) is 3.24. The van der Waals surface area contributed by atoms with Crippen LogP contribution in [-0.4, -0.2) is 20.8 Å². The highest BCUT2D eigenvalue weighted by molar-refractivity contribution is 5.37. The van der Waals surface area contributed by atoms with Gasteiger partial charge in [-0.25, -0.2) is 9.18 Å². The molecular formula is C14H13FN2O2. The van der Waals surface area contributed by atoms with Crippen LogP contribution in [0.5, 0.6) is 0 Å². The topological polar surface area (TPSA) is 47.2 Å². The number of hydrogen-bond donors (Lipinski definition) is 1. The van der Waals surface area contributed by atoms with Crippen LogP contribution in [0, 0.1) is 17.7 Å². The van der Waals surface area contributed by atoms with Gasteiger partial charge in [0.15, 0.2) is 0 Å². The van der Waals surface area contributed by atoms with E-state index in [1.807, 2.05) is 0 Å². The number of hydrogen-bond acceptors (Lipinski definition) is 2. The van der Waals surface area contributed by atoms with Crippen LogP contribution in [0.4, 0.5) is 4.39 Å². The van der Waals surface area contributed by atoms with Gasteiger partial charge in [-0.15, -0.1) is 0 Å². The minimum absolute atomic E-state index is 0.180. The molecule has 0 radical (unpaired) electrons. The lowest BCUT2D eigenvalue weighted by atomic mass is 10.1. The first-order valence-electron chi connectivity index (χ1n) is 5.71.